The summed E-state index contributed by atoms with van der Waals surface area (Å²) in [4.78, 5) is 4.48. The third-order valence-corrected chi connectivity index (χ3v) is 3.12. The van der Waals surface area contributed by atoms with Crippen molar-refractivity contribution in [1.82, 2.24) is 20.5 Å². The molecule has 0 atom stereocenters. The van der Waals surface area contributed by atoms with Crippen molar-refractivity contribution in [3.05, 3.63) is 34.0 Å². The lowest BCUT2D eigenvalue weighted by Crippen LogP contribution is -2.13. The van der Waals surface area contributed by atoms with E-state index in [0.717, 1.165) is 30.9 Å². The standard InChI is InChI=1S/C10H14N4S.ClH/c1-2-10-13-9(7-15-10)6-11-5-8-3-4-12-14-8;/h3-4,7,11H,2,5-6H2,1H3,(H,12,14);1H. The largest absolute Gasteiger partial charge is 0.305 e. The van der Waals surface area contributed by atoms with Crippen molar-refractivity contribution in [2.24, 2.45) is 0 Å². The van der Waals surface area contributed by atoms with Gasteiger partial charge in [0.15, 0.2) is 0 Å². The molecule has 2 heterocycles. The summed E-state index contributed by atoms with van der Waals surface area (Å²) in [7, 11) is 0. The maximum Gasteiger partial charge on any atom is 0.0926 e. The molecule has 0 unspecified atom stereocenters. The van der Waals surface area contributed by atoms with Gasteiger partial charge in [-0.2, -0.15) is 5.10 Å². The number of thiazole rings is 1. The zero-order chi connectivity index (χ0) is 10.5. The van der Waals surface area contributed by atoms with E-state index in [0.29, 0.717) is 0 Å². The molecule has 2 rings (SSSR count). The molecule has 0 saturated carbocycles. The number of nitrogens with one attached hydrogen (secondary N) is 2. The number of aromatic nitrogens is 3. The molecule has 2 N–H and O–H groups in total. The quantitative estimate of drug-likeness (QED) is 0.864. The predicted molar refractivity (Wildman–Crippen MR) is 67.9 cm³/mol. The van der Waals surface area contributed by atoms with E-state index in [1.54, 1.807) is 17.5 Å². The molecule has 0 fully saturated rings. The van der Waals surface area contributed by atoms with Gasteiger partial charge in [0.05, 0.1) is 10.7 Å². The lowest BCUT2D eigenvalue weighted by atomic mass is 10.4. The average molecular weight is 259 g/mol. The zero-order valence-corrected chi connectivity index (χ0v) is 10.7. The van der Waals surface area contributed by atoms with Crippen LogP contribution in [0.4, 0.5) is 0 Å². The van der Waals surface area contributed by atoms with Gasteiger partial charge in [-0.25, -0.2) is 4.98 Å². The minimum absolute atomic E-state index is 0. The van der Waals surface area contributed by atoms with E-state index in [1.165, 1.54) is 5.01 Å². The van der Waals surface area contributed by atoms with Crippen LogP contribution in [-0.4, -0.2) is 15.2 Å². The molecule has 0 amide bonds. The molecule has 0 radical (unpaired) electrons. The van der Waals surface area contributed by atoms with Crippen LogP contribution in [0.15, 0.2) is 17.6 Å². The number of hydrogen-bond donors (Lipinski definition) is 2. The molecule has 0 aromatic carbocycles. The van der Waals surface area contributed by atoms with Gasteiger partial charge in [0, 0.05) is 30.4 Å². The summed E-state index contributed by atoms with van der Waals surface area (Å²) in [5, 5.41) is 13.4. The van der Waals surface area contributed by atoms with E-state index < -0.39 is 0 Å². The summed E-state index contributed by atoms with van der Waals surface area (Å²) in [6.07, 6.45) is 2.78. The molecule has 2 aromatic rings. The topological polar surface area (TPSA) is 53.6 Å². The van der Waals surface area contributed by atoms with E-state index in [9.17, 15) is 0 Å². The van der Waals surface area contributed by atoms with Gasteiger partial charge >= 0.3 is 0 Å². The second-order valence-corrected chi connectivity index (χ2v) is 4.21. The highest BCUT2D eigenvalue weighted by atomic mass is 35.5. The predicted octanol–water partition coefficient (Wildman–Crippen LogP) is 2.14. The van der Waals surface area contributed by atoms with Gasteiger partial charge in [0.1, 0.15) is 0 Å². The monoisotopic (exact) mass is 258 g/mol. The van der Waals surface area contributed by atoms with Crippen LogP contribution in [0, 0.1) is 0 Å². The van der Waals surface area contributed by atoms with E-state index >= 15 is 0 Å². The molecule has 0 spiro atoms. The van der Waals surface area contributed by atoms with Gasteiger partial charge in [-0.15, -0.1) is 23.7 Å². The van der Waals surface area contributed by atoms with Crippen LogP contribution >= 0.6 is 23.7 Å². The van der Waals surface area contributed by atoms with Crippen LogP contribution in [0.1, 0.15) is 23.3 Å². The summed E-state index contributed by atoms with van der Waals surface area (Å²) in [6.45, 7) is 3.75. The fourth-order valence-electron chi connectivity index (χ4n) is 1.30. The molecule has 88 valence electrons. The molecule has 0 aliphatic carbocycles. The van der Waals surface area contributed by atoms with Gasteiger partial charge in [-0.3, -0.25) is 5.10 Å². The Morgan fingerprint density at radius 2 is 2.31 bits per heavy atom. The van der Waals surface area contributed by atoms with E-state index in [4.69, 9.17) is 0 Å². The summed E-state index contributed by atoms with van der Waals surface area (Å²) in [6, 6.07) is 1.96. The first-order chi connectivity index (χ1) is 7.38. The van der Waals surface area contributed by atoms with Crippen molar-refractivity contribution in [2.75, 3.05) is 0 Å². The third kappa shape index (κ3) is 3.59. The first-order valence-electron chi connectivity index (χ1n) is 5.00. The third-order valence-electron chi connectivity index (χ3n) is 2.08. The molecule has 4 nitrogen and oxygen atoms in total. The second-order valence-electron chi connectivity index (χ2n) is 3.27. The molecule has 0 aliphatic rings. The number of halogens is 1. The highest BCUT2D eigenvalue weighted by Crippen LogP contribution is 2.09. The molecule has 0 bridgehead atoms. The summed E-state index contributed by atoms with van der Waals surface area (Å²) < 4.78 is 0. The van der Waals surface area contributed by atoms with E-state index in [2.05, 4.69) is 32.8 Å². The Morgan fingerprint density at radius 1 is 1.44 bits per heavy atom. The van der Waals surface area contributed by atoms with Crippen molar-refractivity contribution < 1.29 is 0 Å². The van der Waals surface area contributed by atoms with Gasteiger partial charge in [-0.1, -0.05) is 6.92 Å². The number of aryl methyl sites for hydroxylation is 1. The lowest BCUT2D eigenvalue weighted by Gasteiger charge is -1.99. The van der Waals surface area contributed by atoms with Crippen LogP contribution in [-0.2, 0) is 19.5 Å². The fourth-order valence-corrected chi connectivity index (χ4v) is 2.05. The van der Waals surface area contributed by atoms with Crippen LogP contribution in [0.25, 0.3) is 0 Å². The van der Waals surface area contributed by atoms with E-state index in [1.807, 2.05) is 6.07 Å². The van der Waals surface area contributed by atoms with Crippen LogP contribution in [0.5, 0.6) is 0 Å². The molecule has 16 heavy (non-hydrogen) atoms. The van der Waals surface area contributed by atoms with Gasteiger partial charge in [-0.05, 0) is 12.5 Å². The summed E-state index contributed by atoms with van der Waals surface area (Å²) in [5.41, 5.74) is 2.22. The van der Waals surface area contributed by atoms with Crippen molar-refractivity contribution in [1.29, 1.82) is 0 Å². The minimum atomic E-state index is 0. The zero-order valence-electron chi connectivity index (χ0n) is 9.06. The number of rotatable bonds is 5. The highest BCUT2D eigenvalue weighted by molar-refractivity contribution is 7.09. The molecule has 6 heteroatoms. The number of aromatic amines is 1. The van der Waals surface area contributed by atoms with Crippen LogP contribution in [0.3, 0.4) is 0 Å². The normalized spacial score (nSPS) is 10.1. The van der Waals surface area contributed by atoms with Crippen molar-refractivity contribution in [2.45, 2.75) is 26.4 Å². The Labute approximate surface area is 105 Å². The van der Waals surface area contributed by atoms with Crippen molar-refractivity contribution in [3.63, 3.8) is 0 Å². The Hall–Kier alpha value is -0.910. The molecule has 0 aliphatic heterocycles. The summed E-state index contributed by atoms with van der Waals surface area (Å²) in [5.74, 6) is 0. The first kappa shape index (κ1) is 13.2. The smallest absolute Gasteiger partial charge is 0.0926 e. The molecule has 0 saturated heterocycles. The second kappa shape index (κ2) is 6.62. The Balaban J connectivity index is 0.00000128. The minimum Gasteiger partial charge on any atom is -0.305 e. The molecular formula is C10H15ClN4S. The van der Waals surface area contributed by atoms with Crippen molar-refractivity contribution >= 4 is 23.7 Å². The Bertz CT molecular complexity index is 399. The fraction of sp³-hybridized carbons (Fsp3) is 0.400. The molecular weight excluding hydrogens is 244 g/mol. The maximum absolute atomic E-state index is 4.48. The van der Waals surface area contributed by atoms with Gasteiger partial charge in [0.25, 0.3) is 0 Å². The van der Waals surface area contributed by atoms with Crippen LogP contribution in [0.2, 0.25) is 0 Å². The Morgan fingerprint density at radius 3 is 2.94 bits per heavy atom. The molecule has 2 aromatic heterocycles. The van der Waals surface area contributed by atoms with Crippen LogP contribution < -0.4 is 5.32 Å². The van der Waals surface area contributed by atoms with Crippen molar-refractivity contribution in [3.8, 4) is 0 Å². The SMILES string of the molecule is CCc1nc(CNCc2ccn[nH]2)cs1.Cl. The van der Waals surface area contributed by atoms with Gasteiger partial charge < -0.3 is 5.32 Å². The Kier molecular flexibility index (Phi) is 5.45. The summed E-state index contributed by atoms with van der Waals surface area (Å²) >= 11 is 1.73. The number of H-pyrrole nitrogens is 1. The van der Waals surface area contributed by atoms with E-state index in [-0.39, 0.29) is 12.4 Å². The van der Waals surface area contributed by atoms with Gasteiger partial charge in [0.2, 0.25) is 0 Å². The first-order valence-corrected chi connectivity index (χ1v) is 5.88. The highest BCUT2D eigenvalue weighted by Gasteiger charge is 1.99. The average Bonchev–Trinajstić information content (AvgIpc) is 2.88. The number of nitrogens with zero attached hydrogens (tertiary/aromatic N) is 2. The maximum atomic E-state index is 4.48. The number of hydrogen-bond acceptors (Lipinski definition) is 4. The lowest BCUT2D eigenvalue weighted by molar-refractivity contribution is 0.666.